The lowest BCUT2D eigenvalue weighted by molar-refractivity contribution is 0.265. The van der Waals surface area contributed by atoms with Crippen LogP contribution in [0.2, 0.25) is 0 Å². The van der Waals surface area contributed by atoms with Crippen LogP contribution in [0.3, 0.4) is 0 Å². The Morgan fingerprint density at radius 1 is 1.50 bits per heavy atom. The fourth-order valence-electron chi connectivity index (χ4n) is 2.21. The highest BCUT2D eigenvalue weighted by molar-refractivity contribution is 7.16. The van der Waals surface area contributed by atoms with E-state index in [0.717, 1.165) is 12.0 Å². The van der Waals surface area contributed by atoms with Crippen LogP contribution in [0.25, 0.3) is 0 Å². The predicted molar refractivity (Wildman–Crippen MR) is 75.5 cm³/mol. The highest BCUT2D eigenvalue weighted by Crippen LogP contribution is 2.50. The molecule has 0 saturated heterocycles. The van der Waals surface area contributed by atoms with E-state index in [1.165, 1.54) is 17.8 Å². The van der Waals surface area contributed by atoms with E-state index in [1.54, 1.807) is 0 Å². The number of nitrogens with two attached hydrogens (primary N) is 1. The Bertz CT molecular complexity index is 457. The van der Waals surface area contributed by atoms with Crippen LogP contribution in [0.4, 0.5) is 9.39 Å². The van der Waals surface area contributed by atoms with E-state index in [2.05, 4.69) is 19.9 Å². The summed E-state index contributed by atoms with van der Waals surface area (Å²) in [7, 11) is 0. The van der Waals surface area contributed by atoms with E-state index < -0.39 is 6.17 Å². The minimum absolute atomic E-state index is 0.128. The Morgan fingerprint density at radius 2 is 2.06 bits per heavy atom. The van der Waals surface area contributed by atoms with Gasteiger partial charge in [0.1, 0.15) is 17.2 Å². The normalized spacial score (nSPS) is 20.3. The average molecular weight is 268 g/mol. The van der Waals surface area contributed by atoms with Crippen LogP contribution >= 0.6 is 11.3 Å². The van der Waals surface area contributed by atoms with Gasteiger partial charge in [0.15, 0.2) is 0 Å². The summed E-state index contributed by atoms with van der Waals surface area (Å²) < 4.78 is 13.7. The minimum Gasteiger partial charge on any atom is -0.389 e. The van der Waals surface area contributed by atoms with Gasteiger partial charge >= 0.3 is 0 Å². The molecule has 0 fully saturated rings. The molecule has 0 aliphatic heterocycles. The van der Waals surface area contributed by atoms with Crippen LogP contribution in [0.15, 0.2) is 0 Å². The second-order valence-corrected chi connectivity index (χ2v) is 6.37. The zero-order chi connectivity index (χ0) is 13.9. The fourth-order valence-corrected chi connectivity index (χ4v) is 3.43. The zero-order valence-electron chi connectivity index (χ0n) is 11.5. The second kappa shape index (κ2) is 5.71. The predicted octanol–water partition coefficient (Wildman–Crippen LogP) is 4.70. The van der Waals surface area contributed by atoms with Gasteiger partial charge in [0.05, 0.1) is 5.56 Å². The van der Waals surface area contributed by atoms with E-state index in [-0.39, 0.29) is 5.41 Å². The summed E-state index contributed by atoms with van der Waals surface area (Å²) >= 11 is 1.23. The number of nitriles is 1. The number of nitrogens with zero attached hydrogens (tertiary/aromatic N) is 1. The molecule has 1 aliphatic rings. The van der Waals surface area contributed by atoms with Crippen LogP contribution in [0.1, 0.15) is 69.1 Å². The number of hydrogen-bond acceptors (Lipinski definition) is 3. The van der Waals surface area contributed by atoms with Gasteiger partial charge < -0.3 is 5.73 Å². The van der Waals surface area contributed by atoms with Gasteiger partial charge in [0.25, 0.3) is 0 Å². The van der Waals surface area contributed by atoms with Crippen molar-refractivity contribution in [3.05, 3.63) is 16.0 Å². The minimum atomic E-state index is -0.942. The first-order valence-corrected chi connectivity index (χ1v) is 7.17. The van der Waals surface area contributed by atoms with Crippen LogP contribution in [0, 0.1) is 11.3 Å². The zero-order valence-corrected chi connectivity index (χ0v) is 12.3. The third-order valence-electron chi connectivity index (χ3n) is 3.06. The average Bonchev–Trinajstić information content (AvgIpc) is 2.64. The number of alkyl halides is 1. The molecule has 18 heavy (non-hydrogen) atoms. The van der Waals surface area contributed by atoms with Crippen molar-refractivity contribution >= 4 is 16.3 Å². The Balaban J connectivity index is 0.000000492. The van der Waals surface area contributed by atoms with Crippen LogP contribution < -0.4 is 5.73 Å². The third kappa shape index (κ3) is 2.67. The molecule has 2 N–H and O–H groups in total. The van der Waals surface area contributed by atoms with Crippen molar-refractivity contribution in [2.75, 3.05) is 5.73 Å². The van der Waals surface area contributed by atoms with E-state index in [0.29, 0.717) is 21.9 Å². The standard InChI is InChI=1S/C11H13FN2S.C3H8/c1-11(2)4-3-7(12)9-8(11)6(5-13)10(14)15-9;1-3-2/h7H,3-4,14H2,1-2H3;3H2,1-2H3. The summed E-state index contributed by atoms with van der Waals surface area (Å²) in [6.07, 6.45) is 1.61. The highest BCUT2D eigenvalue weighted by atomic mass is 32.1. The summed E-state index contributed by atoms with van der Waals surface area (Å²) in [5.41, 5.74) is 6.94. The summed E-state index contributed by atoms with van der Waals surface area (Å²) in [5, 5.41) is 9.49. The number of thiophene rings is 1. The quantitative estimate of drug-likeness (QED) is 0.741. The smallest absolute Gasteiger partial charge is 0.135 e. The Hall–Kier alpha value is -1.08. The SMILES string of the molecule is CC1(C)CCC(F)c2sc(N)c(C#N)c21.CCC. The van der Waals surface area contributed by atoms with E-state index in [4.69, 9.17) is 11.0 Å². The molecule has 0 saturated carbocycles. The van der Waals surface area contributed by atoms with Crippen LogP contribution in [-0.2, 0) is 5.41 Å². The molecule has 100 valence electrons. The summed E-state index contributed by atoms with van der Waals surface area (Å²) in [5.74, 6) is 0. The molecule has 4 heteroatoms. The van der Waals surface area contributed by atoms with Crippen LogP contribution in [-0.4, -0.2) is 0 Å². The van der Waals surface area contributed by atoms with Gasteiger partial charge in [0, 0.05) is 4.88 Å². The molecule has 0 radical (unpaired) electrons. The molecular weight excluding hydrogens is 247 g/mol. The highest BCUT2D eigenvalue weighted by Gasteiger charge is 2.37. The lowest BCUT2D eigenvalue weighted by atomic mass is 9.74. The summed E-state index contributed by atoms with van der Waals surface area (Å²) in [4.78, 5) is 0.667. The van der Waals surface area contributed by atoms with Crippen LogP contribution in [0.5, 0.6) is 0 Å². The fraction of sp³-hybridized carbons (Fsp3) is 0.643. The third-order valence-corrected chi connectivity index (χ3v) is 4.16. The maximum atomic E-state index is 13.7. The number of rotatable bonds is 0. The Kier molecular flexibility index (Phi) is 4.75. The lowest BCUT2D eigenvalue weighted by Gasteiger charge is -2.31. The molecule has 1 unspecified atom stereocenters. The molecule has 0 spiro atoms. The van der Waals surface area contributed by atoms with Crippen molar-refractivity contribution in [2.24, 2.45) is 0 Å². The largest absolute Gasteiger partial charge is 0.389 e. The molecule has 1 atom stereocenters. The van der Waals surface area contributed by atoms with Crippen molar-refractivity contribution in [1.82, 2.24) is 0 Å². The van der Waals surface area contributed by atoms with Crippen molar-refractivity contribution in [3.8, 4) is 6.07 Å². The monoisotopic (exact) mass is 268 g/mol. The molecule has 0 amide bonds. The molecule has 0 aromatic carbocycles. The van der Waals surface area contributed by atoms with Gasteiger partial charge in [-0.25, -0.2) is 4.39 Å². The first-order valence-electron chi connectivity index (χ1n) is 6.35. The number of nitrogen functional groups attached to an aromatic ring is 1. The number of anilines is 1. The molecular formula is C14H21FN2S. The van der Waals surface area contributed by atoms with Crippen molar-refractivity contribution in [2.45, 2.75) is 58.5 Å². The molecule has 0 bridgehead atoms. The van der Waals surface area contributed by atoms with Gasteiger partial charge in [0.2, 0.25) is 0 Å². The molecule has 2 nitrogen and oxygen atoms in total. The first-order chi connectivity index (χ1) is 8.38. The Labute approximate surface area is 113 Å². The topological polar surface area (TPSA) is 49.8 Å². The Morgan fingerprint density at radius 3 is 2.56 bits per heavy atom. The summed E-state index contributed by atoms with van der Waals surface area (Å²) in [6.45, 7) is 8.34. The second-order valence-electron chi connectivity index (χ2n) is 5.29. The van der Waals surface area contributed by atoms with E-state index >= 15 is 0 Å². The lowest BCUT2D eigenvalue weighted by Crippen LogP contribution is -2.24. The van der Waals surface area contributed by atoms with Crippen molar-refractivity contribution in [1.29, 1.82) is 5.26 Å². The molecule has 1 aliphatic carbocycles. The van der Waals surface area contributed by atoms with Gasteiger partial charge in [-0.15, -0.1) is 11.3 Å². The first kappa shape index (κ1) is 15.0. The number of hydrogen-bond donors (Lipinski definition) is 1. The van der Waals surface area contributed by atoms with Gasteiger partial charge in [-0.05, 0) is 23.8 Å². The number of fused-ring (bicyclic) bond motifs is 1. The van der Waals surface area contributed by atoms with Gasteiger partial charge in [-0.3, -0.25) is 0 Å². The number of halogens is 1. The van der Waals surface area contributed by atoms with E-state index in [1.807, 2.05) is 13.8 Å². The van der Waals surface area contributed by atoms with Gasteiger partial charge in [-0.1, -0.05) is 34.1 Å². The maximum absolute atomic E-state index is 13.7. The maximum Gasteiger partial charge on any atom is 0.135 e. The molecule has 2 rings (SSSR count). The van der Waals surface area contributed by atoms with Crippen molar-refractivity contribution in [3.63, 3.8) is 0 Å². The van der Waals surface area contributed by atoms with E-state index in [9.17, 15) is 4.39 Å². The van der Waals surface area contributed by atoms with Gasteiger partial charge in [-0.2, -0.15) is 5.26 Å². The van der Waals surface area contributed by atoms with Crippen molar-refractivity contribution < 1.29 is 4.39 Å². The summed E-state index contributed by atoms with van der Waals surface area (Å²) in [6, 6.07) is 2.10. The molecule has 1 aromatic heterocycles. The molecule has 1 aromatic rings. The molecule has 1 heterocycles.